The fourth-order valence-electron chi connectivity index (χ4n) is 2.97. The maximum Gasteiger partial charge on any atom is 0.246 e. The van der Waals surface area contributed by atoms with Gasteiger partial charge >= 0.3 is 0 Å². The van der Waals surface area contributed by atoms with Gasteiger partial charge in [-0.1, -0.05) is 11.6 Å². The highest BCUT2D eigenvalue weighted by Crippen LogP contribution is 2.23. The van der Waals surface area contributed by atoms with Crippen LogP contribution in [0.5, 0.6) is 0 Å². The molecule has 0 saturated carbocycles. The molecular weight excluding hydrogens is 304 g/mol. The molecule has 1 aliphatic rings. The van der Waals surface area contributed by atoms with Crippen molar-refractivity contribution < 1.29 is 12.9 Å². The normalized spacial score (nSPS) is 15.5. The fourth-order valence-corrected chi connectivity index (χ4v) is 4.28. The summed E-state index contributed by atoms with van der Waals surface area (Å²) in [6, 6.07) is 0. The van der Waals surface area contributed by atoms with Gasteiger partial charge in [-0.3, -0.25) is 5.10 Å². The average Bonchev–Trinajstić information content (AvgIpc) is 2.92. The Hall–Kier alpha value is -1.67. The molecule has 0 bridgehead atoms. The smallest absolute Gasteiger partial charge is 0.246 e. The Kier molecular flexibility index (Phi) is 4.05. The minimum Gasteiger partial charge on any atom is -0.360 e. The quantitative estimate of drug-likeness (QED) is 0.835. The van der Waals surface area contributed by atoms with E-state index in [0.717, 1.165) is 37.1 Å². The van der Waals surface area contributed by atoms with Crippen LogP contribution >= 0.6 is 0 Å². The van der Waals surface area contributed by atoms with Crippen molar-refractivity contribution in [2.24, 2.45) is 0 Å². The molecule has 0 aromatic carbocycles. The minimum absolute atomic E-state index is 0.120. The Morgan fingerprint density at radius 2 is 2.00 bits per heavy atom. The van der Waals surface area contributed by atoms with E-state index < -0.39 is 10.0 Å². The number of hydrogen-bond donors (Lipinski definition) is 2. The van der Waals surface area contributed by atoms with Crippen LogP contribution in [0.4, 0.5) is 0 Å². The van der Waals surface area contributed by atoms with E-state index in [0.29, 0.717) is 11.5 Å². The van der Waals surface area contributed by atoms with Gasteiger partial charge in [-0.15, -0.1) is 0 Å². The zero-order chi connectivity index (χ0) is 15.7. The molecule has 0 radical (unpaired) electrons. The fraction of sp³-hybridized carbons (Fsp3) is 0.571. The Balaban J connectivity index is 1.79. The molecule has 0 amide bonds. The largest absolute Gasteiger partial charge is 0.360 e. The number of nitrogens with zero attached hydrogens (tertiary/aromatic N) is 2. The van der Waals surface area contributed by atoms with Gasteiger partial charge < -0.3 is 4.52 Å². The summed E-state index contributed by atoms with van der Waals surface area (Å²) in [6.07, 6.45) is 5.41. The minimum atomic E-state index is -3.65. The van der Waals surface area contributed by atoms with E-state index >= 15 is 0 Å². The van der Waals surface area contributed by atoms with Crippen LogP contribution < -0.4 is 4.72 Å². The van der Waals surface area contributed by atoms with Crippen molar-refractivity contribution in [2.75, 3.05) is 0 Å². The third kappa shape index (κ3) is 2.80. The lowest BCUT2D eigenvalue weighted by atomic mass is 10.1. The van der Waals surface area contributed by atoms with Crippen LogP contribution in [-0.2, 0) is 29.4 Å². The molecule has 0 atom stereocenters. The number of sulfonamides is 1. The molecule has 3 rings (SSSR count). The second-order valence-electron chi connectivity index (χ2n) is 5.67. The zero-order valence-electron chi connectivity index (χ0n) is 12.8. The number of H-pyrrole nitrogens is 1. The maximum atomic E-state index is 12.4. The van der Waals surface area contributed by atoms with Crippen molar-refractivity contribution in [2.45, 2.75) is 57.4 Å². The predicted molar refractivity (Wildman–Crippen MR) is 79.8 cm³/mol. The first kappa shape index (κ1) is 15.2. The van der Waals surface area contributed by atoms with Gasteiger partial charge in [0.05, 0.1) is 12.2 Å². The molecular formula is C14H20N4O3S. The number of aromatic nitrogens is 3. The Morgan fingerprint density at radius 1 is 1.23 bits per heavy atom. The van der Waals surface area contributed by atoms with Gasteiger partial charge in [0, 0.05) is 5.69 Å². The average molecular weight is 324 g/mol. The van der Waals surface area contributed by atoms with E-state index in [2.05, 4.69) is 20.1 Å². The summed E-state index contributed by atoms with van der Waals surface area (Å²) in [5, 5.41) is 11.0. The van der Waals surface area contributed by atoms with Crippen molar-refractivity contribution in [3.8, 4) is 0 Å². The molecule has 1 aliphatic carbocycles. The first-order valence-electron chi connectivity index (χ1n) is 7.46. The zero-order valence-corrected chi connectivity index (χ0v) is 13.6. The highest BCUT2D eigenvalue weighted by molar-refractivity contribution is 7.89. The Labute approximate surface area is 129 Å². The topological polar surface area (TPSA) is 101 Å². The number of rotatable bonds is 4. The lowest BCUT2D eigenvalue weighted by Gasteiger charge is -2.06. The summed E-state index contributed by atoms with van der Waals surface area (Å²) in [7, 11) is -3.65. The Morgan fingerprint density at radius 3 is 2.73 bits per heavy atom. The van der Waals surface area contributed by atoms with E-state index in [1.54, 1.807) is 13.8 Å². The van der Waals surface area contributed by atoms with Gasteiger partial charge in [0.15, 0.2) is 5.76 Å². The number of nitrogens with one attached hydrogen (secondary N) is 2. The van der Waals surface area contributed by atoms with Gasteiger partial charge in [-0.2, -0.15) is 5.10 Å². The highest BCUT2D eigenvalue weighted by atomic mass is 32.2. The summed E-state index contributed by atoms with van der Waals surface area (Å²) >= 11 is 0. The molecule has 120 valence electrons. The summed E-state index contributed by atoms with van der Waals surface area (Å²) in [6.45, 7) is 3.39. The second kappa shape index (κ2) is 5.85. The number of hydrogen-bond acceptors (Lipinski definition) is 5. The van der Waals surface area contributed by atoms with E-state index in [1.165, 1.54) is 12.0 Å². The van der Waals surface area contributed by atoms with Gasteiger partial charge in [0.1, 0.15) is 10.6 Å². The monoisotopic (exact) mass is 324 g/mol. The van der Waals surface area contributed by atoms with Crippen molar-refractivity contribution in [1.82, 2.24) is 20.1 Å². The van der Waals surface area contributed by atoms with Crippen molar-refractivity contribution in [3.05, 3.63) is 28.4 Å². The number of aryl methyl sites for hydroxylation is 3. The standard InChI is InChI=1S/C14H20N4O3S/c1-9-14(10(2)21-18-9)22(19,20)15-8-13-11-6-4-3-5-7-12(11)16-17-13/h15H,3-8H2,1-2H3,(H,16,17). The van der Waals surface area contributed by atoms with Crippen molar-refractivity contribution in [1.29, 1.82) is 0 Å². The summed E-state index contributed by atoms with van der Waals surface area (Å²) in [5.41, 5.74) is 3.46. The highest BCUT2D eigenvalue weighted by Gasteiger charge is 2.25. The molecule has 0 unspecified atom stereocenters. The third-order valence-corrected chi connectivity index (χ3v) is 5.70. The maximum absolute atomic E-state index is 12.4. The van der Waals surface area contributed by atoms with Gasteiger partial charge in [-0.25, -0.2) is 13.1 Å². The van der Waals surface area contributed by atoms with Gasteiger partial charge in [0.2, 0.25) is 10.0 Å². The summed E-state index contributed by atoms with van der Waals surface area (Å²) in [5.74, 6) is 0.297. The molecule has 0 spiro atoms. The lowest BCUT2D eigenvalue weighted by molar-refractivity contribution is 0.390. The molecule has 7 nitrogen and oxygen atoms in total. The first-order chi connectivity index (χ1) is 10.5. The summed E-state index contributed by atoms with van der Waals surface area (Å²) < 4.78 is 32.4. The molecule has 2 aromatic rings. The van der Waals surface area contributed by atoms with Crippen LogP contribution in [0.2, 0.25) is 0 Å². The SMILES string of the molecule is Cc1noc(C)c1S(=O)(=O)NCc1n[nH]c2c1CCCCC2. The van der Waals surface area contributed by atoms with Gasteiger partial charge in [-0.05, 0) is 45.1 Å². The number of fused-ring (bicyclic) bond motifs is 1. The van der Waals surface area contributed by atoms with Gasteiger partial charge in [0.25, 0.3) is 0 Å². The molecule has 2 N–H and O–H groups in total. The second-order valence-corrected chi connectivity index (χ2v) is 7.37. The molecule has 2 aromatic heterocycles. The lowest BCUT2D eigenvalue weighted by Crippen LogP contribution is -2.25. The van der Waals surface area contributed by atoms with E-state index in [4.69, 9.17) is 4.52 Å². The Bertz CT molecular complexity index is 757. The van der Waals surface area contributed by atoms with Crippen molar-refractivity contribution >= 4 is 10.0 Å². The van der Waals surface area contributed by atoms with Crippen LogP contribution in [0, 0.1) is 13.8 Å². The molecule has 0 saturated heterocycles. The molecule has 22 heavy (non-hydrogen) atoms. The molecule has 0 fully saturated rings. The van der Waals surface area contributed by atoms with E-state index in [-0.39, 0.29) is 11.4 Å². The van der Waals surface area contributed by atoms with Crippen LogP contribution in [-0.4, -0.2) is 23.8 Å². The van der Waals surface area contributed by atoms with Crippen LogP contribution in [0.3, 0.4) is 0 Å². The van der Waals surface area contributed by atoms with E-state index in [1.807, 2.05) is 0 Å². The predicted octanol–water partition coefficient (Wildman–Crippen LogP) is 1.76. The molecule has 0 aliphatic heterocycles. The molecule has 2 heterocycles. The van der Waals surface area contributed by atoms with Crippen LogP contribution in [0.15, 0.2) is 9.42 Å². The summed E-state index contributed by atoms with van der Waals surface area (Å²) in [4.78, 5) is 0.120. The van der Waals surface area contributed by atoms with Crippen LogP contribution in [0.1, 0.15) is 47.7 Å². The first-order valence-corrected chi connectivity index (χ1v) is 8.95. The van der Waals surface area contributed by atoms with E-state index in [9.17, 15) is 8.42 Å². The van der Waals surface area contributed by atoms with Crippen LogP contribution in [0.25, 0.3) is 0 Å². The number of aromatic amines is 1. The molecule has 8 heteroatoms. The van der Waals surface area contributed by atoms with Crippen molar-refractivity contribution in [3.63, 3.8) is 0 Å². The third-order valence-electron chi connectivity index (χ3n) is 4.06.